The van der Waals surface area contributed by atoms with Crippen LogP contribution in [0.1, 0.15) is 61.4 Å². The van der Waals surface area contributed by atoms with Crippen molar-refractivity contribution in [3.05, 3.63) is 59.2 Å². The molecule has 29 heavy (non-hydrogen) atoms. The highest BCUT2D eigenvalue weighted by atomic mass is 19.2. The van der Waals surface area contributed by atoms with Gasteiger partial charge in [-0.2, -0.15) is 9.65 Å². The number of carbonyl (C=O) groups excluding carboxylic acids is 2. The van der Waals surface area contributed by atoms with E-state index in [0.29, 0.717) is 6.42 Å². The molecule has 0 aliphatic carbocycles. The van der Waals surface area contributed by atoms with Crippen LogP contribution in [0.3, 0.4) is 0 Å². The van der Waals surface area contributed by atoms with Gasteiger partial charge in [0.25, 0.3) is 0 Å². The first-order valence-electron chi connectivity index (χ1n) is 9.37. The molecular weight excluding hydrogens is 380 g/mol. The lowest BCUT2D eigenvalue weighted by Crippen LogP contribution is -2.11. The van der Waals surface area contributed by atoms with Crippen molar-refractivity contribution in [3.63, 3.8) is 0 Å². The Bertz CT molecular complexity index is 904. The van der Waals surface area contributed by atoms with Crippen molar-refractivity contribution < 1.29 is 27.8 Å². The van der Waals surface area contributed by atoms with Gasteiger partial charge in [0.05, 0.1) is 11.1 Å². The molecule has 5 nitrogen and oxygen atoms in total. The second-order valence-corrected chi connectivity index (χ2v) is 6.40. The molecule has 0 N–H and O–H groups in total. The van der Waals surface area contributed by atoms with Crippen molar-refractivity contribution in [3.8, 4) is 17.6 Å². The fourth-order valence-electron chi connectivity index (χ4n) is 2.57. The zero-order valence-corrected chi connectivity index (χ0v) is 16.0. The molecule has 0 saturated heterocycles. The van der Waals surface area contributed by atoms with E-state index < -0.39 is 28.9 Å². The largest absolute Gasteiger partial charge is 0.427 e. The lowest BCUT2D eigenvalue weighted by molar-refractivity contribution is -0.134. The first-order valence-corrected chi connectivity index (χ1v) is 9.37. The zero-order valence-electron chi connectivity index (χ0n) is 16.0. The quantitative estimate of drug-likeness (QED) is 0.323. The minimum absolute atomic E-state index is 0.0635. The summed E-state index contributed by atoms with van der Waals surface area (Å²) in [7, 11) is 0. The van der Waals surface area contributed by atoms with E-state index in [0.717, 1.165) is 44.2 Å². The number of nitriles is 1. The molecule has 0 amide bonds. The van der Waals surface area contributed by atoms with Crippen molar-refractivity contribution in [2.45, 2.75) is 45.4 Å². The van der Waals surface area contributed by atoms with Crippen LogP contribution in [-0.2, 0) is 4.79 Å². The second kappa shape index (κ2) is 10.9. The van der Waals surface area contributed by atoms with Gasteiger partial charge in [0, 0.05) is 6.42 Å². The predicted octanol–water partition coefficient (Wildman–Crippen LogP) is 5.32. The van der Waals surface area contributed by atoms with Gasteiger partial charge in [-0.05, 0) is 42.8 Å². The van der Waals surface area contributed by atoms with Crippen molar-refractivity contribution in [2.24, 2.45) is 0 Å². The van der Waals surface area contributed by atoms with Crippen molar-refractivity contribution in [1.29, 1.82) is 5.26 Å². The molecule has 2 aromatic carbocycles. The number of nitrogens with zero attached hydrogens (tertiary/aromatic N) is 1. The van der Waals surface area contributed by atoms with E-state index in [1.807, 2.05) is 0 Å². The molecule has 0 aliphatic rings. The minimum atomic E-state index is -1.41. The van der Waals surface area contributed by atoms with Gasteiger partial charge in [0.15, 0.2) is 11.6 Å². The third kappa shape index (κ3) is 6.39. The van der Waals surface area contributed by atoms with Gasteiger partial charge in [-0.25, -0.2) is 9.18 Å². The van der Waals surface area contributed by atoms with Crippen LogP contribution in [-0.4, -0.2) is 11.9 Å². The Morgan fingerprint density at radius 1 is 0.931 bits per heavy atom. The lowest BCUT2D eigenvalue weighted by Gasteiger charge is -2.08. The van der Waals surface area contributed by atoms with E-state index in [9.17, 15) is 18.4 Å². The summed E-state index contributed by atoms with van der Waals surface area (Å²) in [6.07, 6.45) is 5.41. The summed E-state index contributed by atoms with van der Waals surface area (Å²) in [5.41, 5.74) is -0.424. The summed E-state index contributed by atoms with van der Waals surface area (Å²) >= 11 is 0. The summed E-state index contributed by atoms with van der Waals surface area (Å²) < 4.78 is 37.5. The number of hydrogen-bond donors (Lipinski definition) is 0. The Morgan fingerprint density at radius 2 is 1.62 bits per heavy atom. The number of halogens is 2. The third-order valence-corrected chi connectivity index (χ3v) is 4.18. The van der Waals surface area contributed by atoms with Gasteiger partial charge in [0.1, 0.15) is 11.8 Å². The number of ether oxygens (including phenoxy) is 2. The average molecular weight is 401 g/mol. The highest BCUT2D eigenvalue weighted by Gasteiger charge is 2.18. The molecule has 0 spiro atoms. The van der Waals surface area contributed by atoms with E-state index in [2.05, 4.69) is 6.92 Å². The Hall–Kier alpha value is -3.27. The fourth-order valence-corrected chi connectivity index (χ4v) is 2.57. The van der Waals surface area contributed by atoms with Crippen LogP contribution in [0.25, 0.3) is 0 Å². The van der Waals surface area contributed by atoms with E-state index in [-0.39, 0.29) is 17.3 Å². The van der Waals surface area contributed by atoms with E-state index in [1.54, 1.807) is 0 Å². The molecule has 2 aromatic rings. The summed E-state index contributed by atoms with van der Waals surface area (Å²) in [5.74, 6) is -4.41. The first kappa shape index (κ1) is 22.0. The lowest BCUT2D eigenvalue weighted by atomic mass is 10.1. The maximum Gasteiger partial charge on any atom is 0.343 e. The molecule has 0 atom stereocenters. The van der Waals surface area contributed by atoms with Gasteiger partial charge >= 0.3 is 11.9 Å². The number of unbranched alkanes of at least 4 members (excludes halogenated alkanes) is 4. The average Bonchev–Trinajstić information content (AvgIpc) is 2.72. The first-order chi connectivity index (χ1) is 14.0. The summed E-state index contributed by atoms with van der Waals surface area (Å²) in [5, 5.41) is 8.66. The fraction of sp³-hybridized carbons (Fsp3) is 0.318. The topological polar surface area (TPSA) is 76.4 Å². The van der Waals surface area contributed by atoms with Gasteiger partial charge in [-0.1, -0.05) is 32.6 Å². The van der Waals surface area contributed by atoms with Crippen LogP contribution in [0.15, 0.2) is 36.4 Å². The SMILES string of the molecule is CCCCCCCC(=O)Oc1ccc(C(=O)Oc2ccc(C#N)c(F)c2F)cc1. The van der Waals surface area contributed by atoms with Gasteiger partial charge < -0.3 is 9.47 Å². The van der Waals surface area contributed by atoms with Crippen LogP contribution in [0, 0.1) is 23.0 Å². The summed E-state index contributed by atoms with van der Waals surface area (Å²) in [6.45, 7) is 2.12. The molecule has 0 aliphatic heterocycles. The number of carbonyl (C=O) groups is 2. The smallest absolute Gasteiger partial charge is 0.343 e. The zero-order chi connectivity index (χ0) is 21.2. The summed E-state index contributed by atoms with van der Waals surface area (Å²) in [6, 6.07) is 9.06. The molecule has 0 unspecified atom stereocenters. The number of esters is 2. The normalized spacial score (nSPS) is 10.3. The van der Waals surface area contributed by atoms with Crippen LogP contribution >= 0.6 is 0 Å². The maximum atomic E-state index is 13.8. The Kier molecular flexibility index (Phi) is 8.28. The standard InChI is InChI=1S/C22H21F2NO4/c1-2-3-4-5-6-7-19(26)28-17-11-8-15(9-12-17)22(27)29-18-13-10-16(14-25)20(23)21(18)24/h8-13H,2-7H2,1H3. The molecule has 0 bridgehead atoms. The Labute approximate surface area is 167 Å². The molecule has 0 heterocycles. The number of rotatable bonds is 9. The monoisotopic (exact) mass is 401 g/mol. The van der Waals surface area contributed by atoms with Crippen LogP contribution in [0.5, 0.6) is 11.5 Å². The molecule has 7 heteroatoms. The third-order valence-electron chi connectivity index (χ3n) is 4.18. The Morgan fingerprint density at radius 3 is 2.28 bits per heavy atom. The molecule has 0 aromatic heterocycles. The van der Waals surface area contributed by atoms with E-state index in [1.165, 1.54) is 30.3 Å². The van der Waals surface area contributed by atoms with E-state index in [4.69, 9.17) is 14.7 Å². The highest BCUT2D eigenvalue weighted by Crippen LogP contribution is 2.24. The molecule has 0 radical (unpaired) electrons. The summed E-state index contributed by atoms with van der Waals surface area (Å²) in [4.78, 5) is 23.9. The number of benzene rings is 2. The van der Waals surface area contributed by atoms with Gasteiger partial charge in [0.2, 0.25) is 5.82 Å². The van der Waals surface area contributed by atoms with Crippen molar-refractivity contribution in [2.75, 3.05) is 0 Å². The highest BCUT2D eigenvalue weighted by molar-refractivity contribution is 5.91. The van der Waals surface area contributed by atoms with Crippen molar-refractivity contribution >= 4 is 11.9 Å². The minimum Gasteiger partial charge on any atom is -0.427 e. The molecule has 2 rings (SSSR count). The maximum absolute atomic E-state index is 13.8. The van der Waals surface area contributed by atoms with Gasteiger partial charge in [-0.3, -0.25) is 4.79 Å². The molecular formula is C22H21F2NO4. The van der Waals surface area contributed by atoms with Crippen molar-refractivity contribution in [1.82, 2.24) is 0 Å². The predicted molar refractivity (Wildman–Crippen MR) is 101 cm³/mol. The molecule has 0 fully saturated rings. The molecule has 0 saturated carbocycles. The molecule has 152 valence electrons. The van der Waals surface area contributed by atoms with E-state index >= 15 is 0 Å². The van der Waals surface area contributed by atoms with Crippen LogP contribution in [0.4, 0.5) is 8.78 Å². The second-order valence-electron chi connectivity index (χ2n) is 6.40. The van der Waals surface area contributed by atoms with Crippen LogP contribution in [0.2, 0.25) is 0 Å². The Balaban J connectivity index is 1.91. The number of hydrogen-bond acceptors (Lipinski definition) is 5. The van der Waals surface area contributed by atoms with Crippen LogP contribution < -0.4 is 9.47 Å². The van der Waals surface area contributed by atoms with Gasteiger partial charge in [-0.15, -0.1) is 0 Å².